The van der Waals surface area contributed by atoms with Crippen LogP contribution < -0.4 is 10.1 Å². The van der Waals surface area contributed by atoms with E-state index in [1.54, 1.807) is 0 Å². The number of halogens is 2. The highest BCUT2D eigenvalue weighted by Crippen LogP contribution is 2.33. The van der Waals surface area contributed by atoms with Crippen molar-refractivity contribution in [2.24, 2.45) is 0 Å². The Morgan fingerprint density at radius 2 is 2.00 bits per heavy atom. The first-order chi connectivity index (χ1) is 9.67. The third-order valence-electron chi connectivity index (χ3n) is 3.10. The second-order valence-electron chi connectivity index (χ2n) is 4.37. The zero-order valence-corrected chi connectivity index (χ0v) is 13.8. The van der Waals surface area contributed by atoms with E-state index in [4.69, 9.17) is 16.3 Å². The van der Waals surface area contributed by atoms with Crippen LogP contribution in [0.3, 0.4) is 0 Å². The molecule has 1 N–H and O–H groups in total. The maximum Gasteiger partial charge on any atom is 0.124 e. The molecule has 1 unspecified atom stereocenters. The molecule has 0 saturated heterocycles. The molecule has 0 saturated carbocycles. The second kappa shape index (κ2) is 7.11. The van der Waals surface area contributed by atoms with Gasteiger partial charge in [-0.2, -0.15) is 0 Å². The normalized spacial score (nSPS) is 12.2. The van der Waals surface area contributed by atoms with Crippen molar-refractivity contribution in [3.8, 4) is 5.75 Å². The maximum atomic E-state index is 6.06. The Bertz CT molecular complexity index is 588. The fraction of sp³-hybridized carbons (Fsp3) is 0.250. The van der Waals surface area contributed by atoms with Crippen molar-refractivity contribution in [3.63, 3.8) is 0 Å². The molecule has 2 nitrogen and oxygen atoms in total. The van der Waals surface area contributed by atoms with Gasteiger partial charge in [0.05, 0.1) is 17.7 Å². The summed E-state index contributed by atoms with van der Waals surface area (Å²) in [5, 5.41) is 4.05. The molecule has 106 valence electrons. The predicted octanol–water partition coefficient (Wildman–Crippen LogP) is 4.81. The topological polar surface area (TPSA) is 21.3 Å². The van der Waals surface area contributed by atoms with Crippen LogP contribution in [0.15, 0.2) is 46.9 Å². The number of benzene rings is 2. The molecule has 20 heavy (non-hydrogen) atoms. The average molecular weight is 355 g/mol. The van der Waals surface area contributed by atoms with Crippen LogP contribution in [-0.4, -0.2) is 13.7 Å². The van der Waals surface area contributed by atoms with Crippen LogP contribution in [0.5, 0.6) is 5.75 Å². The number of rotatable bonds is 5. The molecular formula is C16H17BrClNO. The van der Waals surface area contributed by atoms with Gasteiger partial charge in [0.25, 0.3) is 0 Å². The molecule has 0 bridgehead atoms. The Labute approximate surface area is 133 Å². The molecule has 4 heteroatoms. The van der Waals surface area contributed by atoms with E-state index < -0.39 is 0 Å². The lowest BCUT2D eigenvalue weighted by Crippen LogP contribution is -2.18. The van der Waals surface area contributed by atoms with E-state index in [1.165, 1.54) is 0 Å². The summed E-state index contributed by atoms with van der Waals surface area (Å²) in [6, 6.07) is 14.1. The van der Waals surface area contributed by atoms with Crippen LogP contribution >= 0.6 is 27.5 Å². The van der Waals surface area contributed by atoms with Crippen LogP contribution in [0.2, 0.25) is 5.02 Å². The smallest absolute Gasteiger partial charge is 0.124 e. The van der Waals surface area contributed by atoms with Crippen LogP contribution in [0.4, 0.5) is 0 Å². The third kappa shape index (κ3) is 3.35. The summed E-state index contributed by atoms with van der Waals surface area (Å²) >= 11 is 9.54. The van der Waals surface area contributed by atoms with Gasteiger partial charge in [-0.15, -0.1) is 0 Å². The molecule has 0 heterocycles. The Morgan fingerprint density at radius 1 is 1.25 bits per heavy atom. The van der Waals surface area contributed by atoms with Gasteiger partial charge in [0, 0.05) is 10.0 Å². The third-order valence-corrected chi connectivity index (χ3v) is 4.31. The van der Waals surface area contributed by atoms with Crippen molar-refractivity contribution in [3.05, 3.63) is 63.1 Å². The number of para-hydroxylation sites is 1. The standard InChI is InChI=1S/C16H17BrClNO/c1-3-20-15-7-5-4-6-12(15)16(19-2)11-8-9-14(18)13(17)10-11/h4-10,16,19H,3H2,1-2H3. The highest BCUT2D eigenvalue weighted by Gasteiger charge is 2.17. The first-order valence-corrected chi connectivity index (χ1v) is 7.68. The van der Waals surface area contributed by atoms with Gasteiger partial charge >= 0.3 is 0 Å². The molecule has 0 radical (unpaired) electrons. The minimum Gasteiger partial charge on any atom is -0.494 e. The Morgan fingerprint density at radius 3 is 2.65 bits per heavy atom. The summed E-state index contributed by atoms with van der Waals surface area (Å²) in [7, 11) is 1.94. The number of nitrogens with one attached hydrogen (secondary N) is 1. The largest absolute Gasteiger partial charge is 0.494 e. The second-order valence-corrected chi connectivity index (χ2v) is 5.63. The number of hydrogen-bond donors (Lipinski definition) is 1. The minimum atomic E-state index is 0.0614. The van der Waals surface area contributed by atoms with Crippen LogP contribution in [-0.2, 0) is 0 Å². The van der Waals surface area contributed by atoms with E-state index in [9.17, 15) is 0 Å². The summed E-state index contributed by atoms with van der Waals surface area (Å²) in [6.07, 6.45) is 0. The van der Waals surface area contributed by atoms with E-state index >= 15 is 0 Å². The first kappa shape index (κ1) is 15.4. The molecule has 0 aliphatic carbocycles. The van der Waals surface area contributed by atoms with Crippen LogP contribution in [0.25, 0.3) is 0 Å². The lowest BCUT2D eigenvalue weighted by Gasteiger charge is -2.20. The fourth-order valence-electron chi connectivity index (χ4n) is 2.20. The Balaban J connectivity index is 2.44. The fourth-order valence-corrected chi connectivity index (χ4v) is 2.71. The Kier molecular flexibility index (Phi) is 5.46. The molecular weight excluding hydrogens is 338 g/mol. The molecule has 0 aromatic heterocycles. The van der Waals surface area contributed by atoms with E-state index in [1.807, 2.05) is 50.4 Å². The molecule has 0 spiro atoms. The molecule has 0 aliphatic rings. The summed E-state index contributed by atoms with van der Waals surface area (Å²) in [4.78, 5) is 0. The van der Waals surface area contributed by atoms with Gasteiger partial charge in [-0.05, 0) is 53.7 Å². The van der Waals surface area contributed by atoms with Crippen molar-refractivity contribution in [2.45, 2.75) is 13.0 Å². The van der Waals surface area contributed by atoms with E-state index in [0.29, 0.717) is 11.6 Å². The van der Waals surface area contributed by atoms with Crippen molar-refractivity contribution in [2.75, 3.05) is 13.7 Å². The molecule has 1 atom stereocenters. The van der Waals surface area contributed by atoms with Crippen molar-refractivity contribution >= 4 is 27.5 Å². The van der Waals surface area contributed by atoms with Gasteiger partial charge in [0.15, 0.2) is 0 Å². The Hall–Kier alpha value is -1.03. The van der Waals surface area contributed by atoms with Gasteiger partial charge in [0.2, 0.25) is 0 Å². The van der Waals surface area contributed by atoms with Gasteiger partial charge in [-0.1, -0.05) is 35.9 Å². The monoisotopic (exact) mass is 353 g/mol. The lowest BCUT2D eigenvalue weighted by molar-refractivity contribution is 0.334. The maximum absolute atomic E-state index is 6.06. The van der Waals surface area contributed by atoms with Crippen LogP contribution in [0.1, 0.15) is 24.1 Å². The zero-order chi connectivity index (χ0) is 14.5. The van der Waals surface area contributed by atoms with E-state index in [-0.39, 0.29) is 6.04 Å². The number of hydrogen-bond acceptors (Lipinski definition) is 2. The SMILES string of the molecule is CCOc1ccccc1C(NC)c1ccc(Cl)c(Br)c1. The predicted molar refractivity (Wildman–Crippen MR) is 87.7 cm³/mol. The average Bonchev–Trinajstić information content (AvgIpc) is 2.45. The highest BCUT2D eigenvalue weighted by molar-refractivity contribution is 9.10. The van der Waals surface area contributed by atoms with E-state index in [2.05, 4.69) is 27.3 Å². The van der Waals surface area contributed by atoms with Gasteiger partial charge < -0.3 is 10.1 Å². The molecule has 2 rings (SSSR count). The van der Waals surface area contributed by atoms with Crippen molar-refractivity contribution in [1.29, 1.82) is 0 Å². The summed E-state index contributed by atoms with van der Waals surface area (Å²) in [5.74, 6) is 0.903. The van der Waals surface area contributed by atoms with Gasteiger partial charge in [-0.25, -0.2) is 0 Å². The highest BCUT2D eigenvalue weighted by atomic mass is 79.9. The van der Waals surface area contributed by atoms with Crippen molar-refractivity contribution in [1.82, 2.24) is 5.32 Å². The molecule has 0 aliphatic heterocycles. The van der Waals surface area contributed by atoms with Crippen molar-refractivity contribution < 1.29 is 4.74 Å². The van der Waals surface area contributed by atoms with Gasteiger partial charge in [0.1, 0.15) is 5.75 Å². The number of ether oxygens (including phenoxy) is 1. The molecule has 0 amide bonds. The minimum absolute atomic E-state index is 0.0614. The van der Waals surface area contributed by atoms with E-state index in [0.717, 1.165) is 21.3 Å². The summed E-state index contributed by atoms with van der Waals surface area (Å²) in [6.45, 7) is 2.64. The van der Waals surface area contributed by atoms with Gasteiger partial charge in [-0.3, -0.25) is 0 Å². The summed E-state index contributed by atoms with van der Waals surface area (Å²) < 4.78 is 6.61. The molecule has 2 aromatic carbocycles. The first-order valence-electron chi connectivity index (χ1n) is 6.51. The molecule has 2 aromatic rings. The quantitative estimate of drug-likeness (QED) is 0.832. The zero-order valence-electron chi connectivity index (χ0n) is 11.5. The molecule has 0 fully saturated rings. The summed E-state index contributed by atoms with van der Waals surface area (Å²) in [5.41, 5.74) is 2.25. The van der Waals surface area contributed by atoms with Crippen LogP contribution in [0, 0.1) is 0 Å². The lowest BCUT2D eigenvalue weighted by atomic mass is 9.98.